The number of nitrogens with zero attached hydrogens (tertiary/aromatic N) is 2. The molecule has 0 amide bonds. The number of carboxylic acid groups (broad SMARTS) is 1. The highest BCUT2D eigenvalue weighted by Crippen LogP contribution is 2.39. The van der Waals surface area contributed by atoms with Crippen LogP contribution in [0.25, 0.3) is 22.3 Å². The first-order chi connectivity index (χ1) is 13.4. The van der Waals surface area contributed by atoms with E-state index < -0.39 is 17.6 Å². The van der Waals surface area contributed by atoms with Gasteiger partial charge in [0.2, 0.25) is 0 Å². The normalized spacial score (nSPS) is 15.4. The van der Waals surface area contributed by atoms with Crippen LogP contribution in [0.15, 0.2) is 23.0 Å². The number of hydrogen-bond acceptors (Lipinski definition) is 5. The molecule has 7 nitrogen and oxygen atoms in total. The van der Waals surface area contributed by atoms with Crippen LogP contribution in [-0.2, 0) is 24.4 Å². The van der Waals surface area contributed by atoms with Gasteiger partial charge >= 0.3 is 5.97 Å². The Morgan fingerprint density at radius 2 is 2.00 bits per heavy atom. The third-order valence-corrected chi connectivity index (χ3v) is 5.68. The van der Waals surface area contributed by atoms with Gasteiger partial charge in [-0.05, 0) is 35.2 Å². The Kier molecular flexibility index (Phi) is 3.47. The van der Waals surface area contributed by atoms with Crippen molar-refractivity contribution in [1.82, 2.24) is 14.9 Å². The highest BCUT2D eigenvalue weighted by Gasteiger charge is 2.30. The van der Waals surface area contributed by atoms with Gasteiger partial charge in [-0.15, -0.1) is 0 Å². The van der Waals surface area contributed by atoms with Crippen molar-refractivity contribution in [1.29, 1.82) is 0 Å². The molecular formula is C20H16FN3O4. The number of fused-ring (bicyclic) bond motifs is 4. The van der Waals surface area contributed by atoms with E-state index in [-0.39, 0.29) is 11.4 Å². The van der Waals surface area contributed by atoms with Crippen molar-refractivity contribution in [3.63, 3.8) is 0 Å². The zero-order valence-corrected chi connectivity index (χ0v) is 14.9. The molecule has 0 aliphatic carbocycles. The lowest BCUT2D eigenvalue weighted by Gasteiger charge is -2.22. The van der Waals surface area contributed by atoms with Gasteiger partial charge < -0.3 is 20.1 Å². The van der Waals surface area contributed by atoms with Crippen molar-refractivity contribution >= 4 is 16.9 Å². The summed E-state index contributed by atoms with van der Waals surface area (Å²) in [5, 5.41) is 23.1. The van der Waals surface area contributed by atoms with Crippen LogP contribution in [0.5, 0.6) is 0 Å². The minimum Gasteiger partial charge on any atom is -0.479 e. The first kappa shape index (κ1) is 17.0. The number of nitrogens with one attached hydrogen (secondary N) is 1. The molecule has 0 bridgehead atoms. The van der Waals surface area contributed by atoms with Gasteiger partial charge in [0.05, 0.1) is 23.4 Å². The molecule has 0 saturated carbocycles. The van der Waals surface area contributed by atoms with Crippen molar-refractivity contribution in [2.75, 3.05) is 0 Å². The molecule has 3 N–H and O–H groups in total. The quantitative estimate of drug-likeness (QED) is 0.487. The van der Waals surface area contributed by atoms with Crippen LogP contribution in [0.4, 0.5) is 4.39 Å². The fraction of sp³-hybridized carbons (Fsp3) is 0.250. The van der Waals surface area contributed by atoms with Gasteiger partial charge in [0.15, 0.2) is 6.10 Å². The van der Waals surface area contributed by atoms with Crippen molar-refractivity contribution in [3.05, 3.63) is 62.2 Å². The van der Waals surface area contributed by atoms with Gasteiger partial charge in [-0.3, -0.25) is 4.79 Å². The first-order valence-electron chi connectivity index (χ1n) is 8.87. The van der Waals surface area contributed by atoms with Crippen molar-refractivity contribution < 1.29 is 19.4 Å². The Hall–Kier alpha value is -3.10. The van der Waals surface area contributed by atoms with Gasteiger partial charge in [-0.1, -0.05) is 0 Å². The third kappa shape index (κ3) is 2.18. The minimum atomic E-state index is -1.80. The monoisotopic (exact) mass is 381 g/mol. The van der Waals surface area contributed by atoms with Crippen LogP contribution in [0.1, 0.15) is 33.9 Å². The van der Waals surface area contributed by atoms with E-state index in [0.717, 1.165) is 28.1 Å². The van der Waals surface area contributed by atoms with E-state index in [0.29, 0.717) is 42.1 Å². The van der Waals surface area contributed by atoms with E-state index in [1.54, 1.807) is 6.92 Å². The smallest absolute Gasteiger partial charge is 0.337 e. The summed E-state index contributed by atoms with van der Waals surface area (Å²) in [5.41, 5.74) is 4.37. The summed E-state index contributed by atoms with van der Waals surface area (Å²) in [6, 6.07) is 4.01. The summed E-state index contributed by atoms with van der Waals surface area (Å²) in [6.07, 6.45) is -1.80. The molecule has 2 aliphatic heterocycles. The molecule has 1 atom stereocenters. The van der Waals surface area contributed by atoms with Gasteiger partial charge in [-0.25, -0.2) is 14.2 Å². The maximum Gasteiger partial charge on any atom is 0.337 e. The Bertz CT molecular complexity index is 1270. The van der Waals surface area contributed by atoms with E-state index in [1.807, 2.05) is 0 Å². The maximum atomic E-state index is 14.4. The van der Waals surface area contributed by atoms with E-state index >= 15 is 0 Å². The molecule has 3 aromatic rings. The topological polar surface area (TPSA) is 104 Å². The molecule has 28 heavy (non-hydrogen) atoms. The number of hydrogen-bond donors (Lipinski definition) is 3. The molecule has 4 heterocycles. The lowest BCUT2D eigenvalue weighted by molar-refractivity contribution is -0.146. The molecular weight excluding hydrogens is 365 g/mol. The summed E-state index contributed by atoms with van der Waals surface area (Å²) in [4.78, 5) is 28.3. The van der Waals surface area contributed by atoms with E-state index in [4.69, 9.17) is 5.11 Å². The summed E-state index contributed by atoms with van der Waals surface area (Å²) < 4.78 is 15.9. The molecule has 0 spiro atoms. The summed E-state index contributed by atoms with van der Waals surface area (Å²) >= 11 is 0. The van der Waals surface area contributed by atoms with Crippen LogP contribution in [0.2, 0.25) is 0 Å². The molecule has 1 aromatic carbocycles. The van der Waals surface area contributed by atoms with Gasteiger partial charge in [-0.2, -0.15) is 0 Å². The molecule has 0 fully saturated rings. The van der Waals surface area contributed by atoms with Gasteiger partial charge in [0, 0.05) is 36.2 Å². The first-order valence-corrected chi connectivity index (χ1v) is 8.87. The number of aliphatic carboxylic acids is 1. The third-order valence-electron chi connectivity index (χ3n) is 5.68. The molecule has 2 aromatic heterocycles. The van der Waals surface area contributed by atoms with Gasteiger partial charge in [0.1, 0.15) is 5.82 Å². The van der Waals surface area contributed by atoms with Crippen molar-refractivity contribution in [2.45, 2.75) is 32.7 Å². The number of pyridine rings is 2. The van der Waals surface area contributed by atoms with E-state index in [2.05, 4.69) is 10.3 Å². The number of aromatic nitrogens is 2. The van der Waals surface area contributed by atoms with Crippen LogP contribution < -0.4 is 10.9 Å². The number of benzene rings is 1. The average Bonchev–Trinajstić information content (AvgIpc) is 3.04. The molecule has 8 heteroatoms. The number of rotatable bonds is 2. The molecule has 1 unspecified atom stereocenters. The highest BCUT2D eigenvalue weighted by atomic mass is 19.1. The predicted octanol–water partition coefficient (Wildman–Crippen LogP) is 1.59. The molecule has 2 aliphatic rings. The van der Waals surface area contributed by atoms with Crippen LogP contribution in [-0.4, -0.2) is 25.7 Å². The van der Waals surface area contributed by atoms with Crippen LogP contribution >= 0.6 is 0 Å². The molecule has 142 valence electrons. The van der Waals surface area contributed by atoms with Crippen LogP contribution in [0.3, 0.4) is 0 Å². The number of halogens is 1. The number of aliphatic hydroxyl groups is 1. The fourth-order valence-corrected chi connectivity index (χ4v) is 4.24. The standard InChI is InChI=1S/C20H16FN3O4/c1-8-10-5-22-6-11-12-7-24-15(2-9(3-16(24)25)19(26)20(27)28)18(12)23-14(17(10)11)4-13(8)21/h2-4,19,22,26H,5-7H2,1H3,(H,27,28). The molecule has 0 radical (unpaired) electrons. The number of aliphatic hydroxyl groups excluding tert-OH is 1. The Morgan fingerprint density at radius 3 is 2.75 bits per heavy atom. The van der Waals surface area contributed by atoms with E-state index in [1.165, 1.54) is 16.7 Å². The second-order valence-corrected chi connectivity index (χ2v) is 7.22. The zero-order valence-electron chi connectivity index (χ0n) is 14.9. The summed E-state index contributed by atoms with van der Waals surface area (Å²) in [7, 11) is 0. The number of carboxylic acids is 1. The summed E-state index contributed by atoms with van der Waals surface area (Å²) in [5.74, 6) is -1.77. The van der Waals surface area contributed by atoms with E-state index in [9.17, 15) is 19.1 Å². The highest BCUT2D eigenvalue weighted by molar-refractivity contribution is 5.92. The Balaban J connectivity index is 1.83. The van der Waals surface area contributed by atoms with Crippen molar-refractivity contribution in [3.8, 4) is 11.4 Å². The molecule has 0 saturated heterocycles. The van der Waals surface area contributed by atoms with Gasteiger partial charge in [0.25, 0.3) is 5.56 Å². The second kappa shape index (κ2) is 5.70. The fourth-order valence-electron chi connectivity index (χ4n) is 4.24. The van der Waals surface area contributed by atoms with Crippen molar-refractivity contribution in [2.24, 2.45) is 0 Å². The SMILES string of the molecule is Cc1c(F)cc2nc3c(c4c2c1CNC4)Cn1c-3cc(C(O)C(=O)O)cc1=O. The summed E-state index contributed by atoms with van der Waals surface area (Å²) in [6.45, 7) is 3.18. The lowest BCUT2D eigenvalue weighted by Crippen LogP contribution is -2.23. The average molecular weight is 381 g/mol. The minimum absolute atomic E-state index is 0.000965. The maximum absolute atomic E-state index is 14.4. The Morgan fingerprint density at radius 1 is 1.25 bits per heavy atom. The molecule has 5 rings (SSSR count). The Labute approximate surface area is 158 Å². The zero-order chi connectivity index (χ0) is 19.7. The van der Waals surface area contributed by atoms with Crippen LogP contribution in [0, 0.1) is 12.7 Å². The number of carbonyl (C=O) groups is 1. The second-order valence-electron chi connectivity index (χ2n) is 7.22. The lowest BCUT2D eigenvalue weighted by atomic mass is 9.91. The largest absolute Gasteiger partial charge is 0.479 e. The predicted molar refractivity (Wildman–Crippen MR) is 98.4 cm³/mol.